The molecule has 1 aliphatic carbocycles. The van der Waals surface area contributed by atoms with Gasteiger partial charge in [-0.3, -0.25) is 4.79 Å². The van der Waals surface area contributed by atoms with Gasteiger partial charge >= 0.3 is 0 Å². The van der Waals surface area contributed by atoms with Gasteiger partial charge in [-0.1, -0.05) is 75.6 Å². The molecule has 3 atom stereocenters. The fourth-order valence-corrected chi connectivity index (χ4v) is 4.49. The van der Waals surface area contributed by atoms with Crippen molar-refractivity contribution in [3.8, 4) is 0 Å². The fraction of sp³-hybridized carbons (Fsp3) is 0.654. The van der Waals surface area contributed by atoms with Crippen molar-refractivity contribution in [2.75, 3.05) is 0 Å². The normalized spacial score (nSPS) is 21.0. The van der Waals surface area contributed by atoms with E-state index in [0.29, 0.717) is 12.2 Å². The molecule has 2 rings (SSSR count). The second kappa shape index (κ2) is 12.9. The number of rotatable bonds is 13. The highest BCUT2D eigenvalue weighted by Gasteiger charge is 2.26. The van der Waals surface area contributed by atoms with E-state index in [-0.39, 0.29) is 0 Å². The molecule has 0 aliphatic heterocycles. The molecule has 150 valence electrons. The third-order valence-electron chi connectivity index (χ3n) is 6.44. The van der Waals surface area contributed by atoms with Crippen LogP contribution in [0.25, 0.3) is 0 Å². The van der Waals surface area contributed by atoms with E-state index in [0.717, 1.165) is 37.0 Å². The molecular weight excluding hydrogens is 328 g/mol. The third kappa shape index (κ3) is 8.91. The smallest absolute Gasteiger partial charge is 0.132 e. The summed E-state index contributed by atoms with van der Waals surface area (Å²) < 4.78 is 0. The average molecular weight is 369 g/mol. The number of allylic oxidation sites excluding steroid dienone is 2. The summed E-state index contributed by atoms with van der Waals surface area (Å²) in [5, 5.41) is 0. The van der Waals surface area contributed by atoms with Crippen LogP contribution in [0.2, 0.25) is 0 Å². The SMILES string of the molecule is CCC(=O)CCC/C=C\C[C@H]1CCCC1CC[C@@H](C)CCc1ccccc1. The summed E-state index contributed by atoms with van der Waals surface area (Å²) in [6, 6.07) is 10.9. The highest BCUT2D eigenvalue weighted by Crippen LogP contribution is 2.38. The molecule has 1 fully saturated rings. The average Bonchev–Trinajstić information content (AvgIpc) is 3.15. The number of aryl methyl sites for hydroxylation is 1. The van der Waals surface area contributed by atoms with Crippen LogP contribution in [0, 0.1) is 17.8 Å². The number of unbranched alkanes of at least 4 members (excludes halogenated alkanes) is 1. The van der Waals surface area contributed by atoms with Gasteiger partial charge in [-0.2, -0.15) is 0 Å². The first-order valence-electron chi connectivity index (χ1n) is 11.4. The zero-order chi connectivity index (χ0) is 19.3. The number of hydrogen-bond donors (Lipinski definition) is 0. The number of ketones is 1. The predicted octanol–water partition coefficient (Wildman–Crippen LogP) is 7.55. The summed E-state index contributed by atoms with van der Waals surface area (Å²) >= 11 is 0. The molecule has 0 saturated heterocycles. The minimum atomic E-state index is 0.403. The Morgan fingerprint density at radius 1 is 1.11 bits per heavy atom. The van der Waals surface area contributed by atoms with Crippen LogP contribution in [0.1, 0.15) is 90.0 Å². The molecule has 1 aromatic rings. The van der Waals surface area contributed by atoms with Crippen molar-refractivity contribution in [3.63, 3.8) is 0 Å². The van der Waals surface area contributed by atoms with Crippen LogP contribution in [0.15, 0.2) is 42.5 Å². The largest absolute Gasteiger partial charge is 0.300 e. The van der Waals surface area contributed by atoms with Crippen molar-refractivity contribution in [1.29, 1.82) is 0 Å². The molecule has 0 bridgehead atoms. The highest BCUT2D eigenvalue weighted by atomic mass is 16.1. The Labute approximate surface area is 167 Å². The molecule has 1 nitrogen and oxygen atoms in total. The van der Waals surface area contributed by atoms with Crippen LogP contribution in [-0.4, -0.2) is 5.78 Å². The topological polar surface area (TPSA) is 17.1 Å². The second-order valence-corrected chi connectivity index (χ2v) is 8.65. The third-order valence-corrected chi connectivity index (χ3v) is 6.44. The van der Waals surface area contributed by atoms with Gasteiger partial charge in [0.2, 0.25) is 0 Å². The molecular formula is C26H40O. The molecule has 0 radical (unpaired) electrons. The van der Waals surface area contributed by atoms with Crippen molar-refractivity contribution in [1.82, 2.24) is 0 Å². The molecule has 27 heavy (non-hydrogen) atoms. The van der Waals surface area contributed by atoms with E-state index in [2.05, 4.69) is 49.4 Å². The maximum absolute atomic E-state index is 11.3. The summed E-state index contributed by atoms with van der Waals surface area (Å²) in [7, 11) is 0. The minimum absolute atomic E-state index is 0.403. The Morgan fingerprint density at radius 3 is 2.67 bits per heavy atom. The summed E-state index contributed by atoms with van der Waals surface area (Å²) in [4.78, 5) is 11.3. The maximum atomic E-state index is 11.3. The fourth-order valence-electron chi connectivity index (χ4n) is 4.49. The molecule has 1 aromatic carbocycles. The van der Waals surface area contributed by atoms with Crippen LogP contribution in [0.5, 0.6) is 0 Å². The van der Waals surface area contributed by atoms with E-state index in [1.165, 1.54) is 56.9 Å². The number of benzene rings is 1. The standard InChI is InChI=1S/C26H40O/c1-3-26(27)17-10-5-4-9-14-24-15-11-16-25(24)21-19-22(2)18-20-23-12-7-6-8-13-23/h4,6-9,12-13,22,24-25H,3,5,10-11,14-21H2,1-2H3/b9-4-/t22-,24-,25?/m0/s1. The van der Waals surface area contributed by atoms with Gasteiger partial charge in [-0.05, 0) is 68.3 Å². The lowest BCUT2D eigenvalue weighted by Gasteiger charge is -2.20. The Kier molecular flexibility index (Phi) is 10.5. The predicted molar refractivity (Wildman–Crippen MR) is 117 cm³/mol. The Bertz CT molecular complexity index is 545. The van der Waals surface area contributed by atoms with E-state index < -0.39 is 0 Å². The summed E-state index contributed by atoms with van der Waals surface area (Å²) in [6.45, 7) is 4.39. The lowest BCUT2D eigenvalue weighted by molar-refractivity contribution is -0.118. The monoisotopic (exact) mass is 368 g/mol. The number of carbonyl (C=O) groups excluding carboxylic acids is 1. The number of carbonyl (C=O) groups is 1. The molecule has 0 spiro atoms. The van der Waals surface area contributed by atoms with Crippen LogP contribution in [-0.2, 0) is 11.2 Å². The number of Topliss-reactive ketones (excluding diaryl/α,β-unsaturated/α-hetero) is 1. The molecule has 1 unspecified atom stereocenters. The first kappa shape index (κ1) is 21.9. The van der Waals surface area contributed by atoms with Gasteiger partial charge in [-0.15, -0.1) is 0 Å². The van der Waals surface area contributed by atoms with Gasteiger partial charge in [0.25, 0.3) is 0 Å². The molecule has 1 heteroatoms. The molecule has 0 aromatic heterocycles. The summed E-state index contributed by atoms with van der Waals surface area (Å²) in [6.07, 6.45) is 19.1. The second-order valence-electron chi connectivity index (χ2n) is 8.65. The quantitative estimate of drug-likeness (QED) is 0.259. The van der Waals surface area contributed by atoms with Crippen LogP contribution in [0.4, 0.5) is 0 Å². The van der Waals surface area contributed by atoms with Crippen molar-refractivity contribution in [2.45, 2.75) is 90.9 Å². The Hall–Kier alpha value is -1.37. The van der Waals surface area contributed by atoms with E-state index in [1.807, 2.05) is 6.92 Å². The Morgan fingerprint density at radius 2 is 1.89 bits per heavy atom. The van der Waals surface area contributed by atoms with Gasteiger partial charge in [0, 0.05) is 12.8 Å². The maximum Gasteiger partial charge on any atom is 0.132 e. The number of hydrogen-bond acceptors (Lipinski definition) is 1. The van der Waals surface area contributed by atoms with Gasteiger partial charge in [0.05, 0.1) is 0 Å². The van der Waals surface area contributed by atoms with E-state index in [9.17, 15) is 4.79 Å². The van der Waals surface area contributed by atoms with E-state index in [4.69, 9.17) is 0 Å². The zero-order valence-electron chi connectivity index (χ0n) is 17.7. The molecule has 1 aliphatic rings. The summed E-state index contributed by atoms with van der Waals surface area (Å²) in [5.41, 5.74) is 1.48. The van der Waals surface area contributed by atoms with Crippen molar-refractivity contribution in [2.24, 2.45) is 17.8 Å². The van der Waals surface area contributed by atoms with Gasteiger partial charge in [0.15, 0.2) is 0 Å². The van der Waals surface area contributed by atoms with Crippen LogP contribution in [0.3, 0.4) is 0 Å². The minimum Gasteiger partial charge on any atom is -0.300 e. The zero-order valence-corrected chi connectivity index (χ0v) is 17.7. The molecule has 1 saturated carbocycles. The van der Waals surface area contributed by atoms with Crippen molar-refractivity contribution >= 4 is 5.78 Å². The molecule has 0 N–H and O–H groups in total. The molecule has 0 amide bonds. The van der Waals surface area contributed by atoms with Gasteiger partial charge in [0.1, 0.15) is 5.78 Å². The first-order chi connectivity index (χ1) is 13.2. The van der Waals surface area contributed by atoms with E-state index in [1.54, 1.807) is 0 Å². The van der Waals surface area contributed by atoms with Gasteiger partial charge in [-0.25, -0.2) is 0 Å². The molecule has 0 heterocycles. The van der Waals surface area contributed by atoms with Crippen molar-refractivity contribution in [3.05, 3.63) is 48.0 Å². The van der Waals surface area contributed by atoms with Crippen LogP contribution >= 0.6 is 0 Å². The van der Waals surface area contributed by atoms with E-state index >= 15 is 0 Å². The van der Waals surface area contributed by atoms with Gasteiger partial charge < -0.3 is 0 Å². The first-order valence-corrected chi connectivity index (χ1v) is 11.4. The lowest BCUT2D eigenvalue weighted by Crippen LogP contribution is -2.09. The Balaban J connectivity index is 1.60. The van der Waals surface area contributed by atoms with Crippen LogP contribution < -0.4 is 0 Å². The lowest BCUT2D eigenvalue weighted by atomic mass is 9.85. The summed E-state index contributed by atoms with van der Waals surface area (Å²) in [5.74, 6) is 3.08. The highest BCUT2D eigenvalue weighted by molar-refractivity contribution is 5.77. The van der Waals surface area contributed by atoms with Crippen molar-refractivity contribution < 1.29 is 4.79 Å².